The van der Waals surface area contributed by atoms with Gasteiger partial charge in [0.15, 0.2) is 28.2 Å². The van der Waals surface area contributed by atoms with Crippen molar-refractivity contribution in [1.29, 1.82) is 0 Å². The van der Waals surface area contributed by atoms with Crippen LogP contribution in [0.5, 0.6) is 11.5 Å². The molecule has 1 aromatic carbocycles. The normalized spacial score (nSPS) is 12.1. The highest BCUT2D eigenvalue weighted by Gasteiger charge is 2.21. The molecule has 0 atom stereocenters. The second-order valence-corrected chi connectivity index (χ2v) is 6.86. The Labute approximate surface area is 167 Å². The number of ether oxygens (including phenoxy) is 2. The maximum atomic E-state index is 12.3. The van der Waals surface area contributed by atoms with Crippen molar-refractivity contribution in [2.24, 2.45) is 7.05 Å². The Kier molecular flexibility index (Phi) is 5.03. The molecular formula is C16H15N7O5S. The van der Waals surface area contributed by atoms with E-state index in [0.29, 0.717) is 28.2 Å². The number of carbonyl (C=O) groups is 2. The van der Waals surface area contributed by atoms with E-state index in [2.05, 4.69) is 35.8 Å². The number of hydrogen-bond donors (Lipinski definition) is 2. The molecule has 4 rings (SSSR count). The fourth-order valence-corrected chi connectivity index (χ4v) is 3.24. The number of carbonyl (C=O) groups excluding carboxylic acids is 2. The van der Waals surface area contributed by atoms with Crippen molar-refractivity contribution < 1.29 is 23.7 Å². The van der Waals surface area contributed by atoms with E-state index in [-0.39, 0.29) is 35.9 Å². The molecule has 2 aromatic heterocycles. The Bertz CT molecular complexity index is 1080. The number of rotatable bonds is 6. The molecule has 0 saturated heterocycles. The summed E-state index contributed by atoms with van der Waals surface area (Å²) in [7, 11) is 1.71. The minimum atomic E-state index is -0.320. The highest BCUT2D eigenvalue weighted by atomic mass is 32.2. The van der Waals surface area contributed by atoms with Gasteiger partial charge in [-0.2, -0.15) is 0 Å². The fourth-order valence-electron chi connectivity index (χ4n) is 2.53. The largest absolute Gasteiger partial charge is 0.454 e. The van der Waals surface area contributed by atoms with Crippen molar-refractivity contribution in [3.8, 4) is 23.0 Å². The zero-order chi connectivity index (χ0) is 20.4. The summed E-state index contributed by atoms with van der Waals surface area (Å²) in [5.41, 5.74) is 0.846. The average Bonchev–Trinajstić information content (AvgIpc) is 3.39. The summed E-state index contributed by atoms with van der Waals surface area (Å²) in [6.45, 7) is 1.51. The molecule has 3 aromatic rings. The number of aromatic nitrogens is 5. The van der Waals surface area contributed by atoms with Crippen molar-refractivity contribution in [1.82, 2.24) is 25.1 Å². The Balaban J connectivity index is 1.40. The molecule has 150 valence electrons. The minimum Gasteiger partial charge on any atom is -0.454 e. The number of thioether (sulfide) groups is 1. The summed E-state index contributed by atoms with van der Waals surface area (Å²) in [6, 6.07) is 5.17. The number of fused-ring (bicyclic) bond motifs is 1. The molecule has 2 amide bonds. The van der Waals surface area contributed by atoms with E-state index in [9.17, 15) is 9.59 Å². The van der Waals surface area contributed by atoms with E-state index in [1.807, 2.05) is 0 Å². The van der Waals surface area contributed by atoms with E-state index in [4.69, 9.17) is 9.47 Å². The third kappa shape index (κ3) is 3.99. The summed E-state index contributed by atoms with van der Waals surface area (Å²) >= 11 is 1.19. The smallest absolute Gasteiger partial charge is 0.234 e. The van der Waals surface area contributed by atoms with Crippen LogP contribution < -0.4 is 20.1 Å². The lowest BCUT2D eigenvalue weighted by molar-refractivity contribution is -0.114. The van der Waals surface area contributed by atoms with Gasteiger partial charge in [-0.1, -0.05) is 11.8 Å². The van der Waals surface area contributed by atoms with Gasteiger partial charge in [-0.15, -0.1) is 10.2 Å². The topological polar surface area (TPSA) is 146 Å². The van der Waals surface area contributed by atoms with Gasteiger partial charge in [0.1, 0.15) is 0 Å². The molecule has 0 radical (unpaired) electrons. The number of hydrogen-bond acceptors (Lipinski definition) is 10. The summed E-state index contributed by atoms with van der Waals surface area (Å²) in [5.74, 6) is 1.28. The van der Waals surface area contributed by atoms with E-state index in [0.717, 1.165) is 0 Å². The first-order chi connectivity index (χ1) is 14.0. The molecule has 0 unspecified atom stereocenters. The highest BCUT2D eigenvalue weighted by molar-refractivity contribution is 7.99. The maximum Gasteiger partial charge on any atom is 0.234 e. The third-order valence-electron chi connectivity index (χ3n) is 3.82. The first-order valence-corrected chi connectivity index (χ1v) is 9.32. The predicted octanol–water partition coefficient (Wildman–Crippen LogP) is 1.28. The number of anilines is 2. The van der Waals surface area contributed by atoms with Crippen LogP contribution in [0.3, 0.4) is 0 Å². The molecule has 0 fully saturated rings. The van der Waals surface area contributed by atoms with Crippen molar-refractivity contribution >= 4 is 35.1 Å². The lowest BCUT2D eigenvalue weighted by Gasteiger charge is -2.06. The Morgan fingerprint density at radius 1 is 1.17 bits per heavy atom. The molecule has 13 heteroatoms. The lowest BCUT2D eigenvalue weighted by atomic mass is 10.3. The maximum absolute atomic E-state index is 12.3. The van der Waals surface area contributed by atoms with E-state index >= 15 is 0 Å². The molecule has 0 bridgehead atoms. The van der Waals surface area contributed by atoms with E-state index < -0.39 is 0 Å². The van der Waals surface area contributed by atoms with Gasteiger partial charge in [0, 0.05) is 25.7 Å². The van der Waals surface area contributed by atoms with Crippen LogP contribution in [0.4, 0.5) is 11.5 Å². The van der Waals surface area contributed by atoms with E-state index in [1.54, 1.807) is 29.8 Å². The highest BCUT2D eigenvalue weighted by Crippen LogP contribution is 2.34. The third-order valence-corrected chi connectivity index (χ3v) is 4.84. The van der Waals surface area contributed by atoms with Crippen LogP contribution in [-0.4, -0.2) is 49.4 Å². The Morgan fingerprint density at radius 3 is 2.83 bits per heavy atom. The Morgan fingerprint density at radius 2 is 2.00 bits per heavy atom. The molecule has 0 saturated carbocycles. The molecule has 0 spiro atoms. The van der Waals surface area contributed by atoms with Crippen LogP contribution in [0.1, 0.15) is 6.92 Å². The van der Waals surface area contributed by atoms with Gasteiger partial charge in [-0.25, -0.2) is 4.63 Å². The van der Waals surface area contributed by atoms with Crippen molar-refractivity contribution in [3.05, 3.63) is 18.2 Å². The van der Waals surface area contributed by atoms with Crippen molar-refractivity contribution in [2.45, 2.75) is 12.1 Å². The van der Waals surface area contributed by atoms with Crippen LogP contribution in [0, 0.1) is 0 Å². The molecule has 3 heterocycles. The van der Waals surface area contributed by atoms with Gasteiger partial charge in [0.25, 0.3) is 0 Å². The summed E-state index contributed by atoms with van der Waals surface area (Å²) in [4.78, 5) is 23.5. The molecule has 12 nitrogen and oxygen atoms in total. The molecule has 29 heavy (non-hydrogen) atoms. The zero-order valence-corrected chi connectivity index (χ0v) is 16.1. The molecule has 1 aliphatic rings. The first kappa shape index (κ1) is 18.7. The van der Waals surface area contributed by atoms with Crippen LogP contribution in [-0.2, 0) is 16.6 Å². The second kappa shape index (κ2) is 7.79. The summed E-state index contributed by atoms with van der Waals surface area (Å²) in [5, 5.41) is 21.3. The number of nitrogens with zero attached hydrogens (tertiary/aromatic N) is 5. The number of nitrogens with one attached hydrogen (secondary N) is 2. The van der Waals surface area contributed by atoms with Gasteiger partial charge in [0.05, 0.1) is 5.75 Å². The standard InChI is InChI=1S/C16H15N7O5S/c1-8(24)17-14-13(21-28-22-14)15-19-20-16(23(15)2)29-6-12(25)18-9-3-4-10-11(5-9)27-7-26-10/h3-5H,6-7H2,1-2H3,(H,18,25)(H,17,22,24). The van der Waals surface area contributed by atoms with Crippen molar-refractivity contribution in [3.63, 3.8) is 0 Å². The zero-order valence-electron chi connectivity index (χ0n) is 15.3. The first-order valence-electron chi connectivity index (χ1n) is 8.33. The Hall–Kier alpha value is -3.61. The lowest BCUT2D eigenvalue weighted by Crippen LogP contribution is -2.14. The summed E-state index contributed by atoms with van der Waals surface area (Å²) in [6.07, 6.45) is 0. The average molecular weight is 417 g/mol. The van der Waals surface area contributed by atoms with Crippen LogP contribution in [0.2, 0.25) is 0 Å². The number of amides is 2. The monoisotopic (exact) mass is 417 g/mol. The van der Waals surface area contributed by atoms with E-state index in [1.165, 1.54) is 18.7 Å². The van der Waals surface area contributed by atoms with Gasteiger partial charge in [0.2, 0.25) is 24.4 Å². The SMILES string of the molecule is CC(=O)Nc1nonc1-c1nnc(SCC(=O)Nc2ccc3c(c2)OCO3)n1C. The molecule has 2 N–H and O–H groups in total. The van der Waals surface area contributed by atoms with Gasteiger partial charge >= 0.3 is 0 Å². The second-order valence-electron chi connectivity index (χ2n) is 5.91. The minimum absolute atomic E-state index is 0.107. The summed E-state index contributed by atoms with van der Waals surface area (Å²) < 4.78 is 16.8. The van der Waals surface area contributed by atoms with Gasteiger partial charge in [-0.3, -0.25) is 9.59 Å². The van der Waals surface area contributed by atoms with Gasteiger partial charge in [-0.05, 0) is 22.4 Å². The molecular weight excluding hydrogens is 402 g/mol. The molecule has 1 aliphatic heterocycles. The van der Waals surface area contributed by atoms with Crippen molar-refractivity contribution in [2.75, 3.05) is 23.2 Å². The number of benzene rings is 1. The van der Waals surface area contributed by atoms with Crippen LogP contribution >= 0.6 is 11.8 Å². The van der Waals surface area contributed by atoms with Crippen LogP contribution in [0.15, 0.2) is 28.0 Å². The fraction of sp³-hybridized carbons (Fsp3) is 0.250. The van der Waals surface area contributed by atoms with Gasteiger partial charge < -0.3 is 24.7 Å². The quantitative estimate of drug-likeness (QED) is 0.562. The van der Waals surface area contributed by atoms with Crippen LogP contribution in [0.25, 0.3) is 11.5 Å². The molecule has 0 aliphatic carbocycles. The predicted molar refractivity (Wildman–Crippen MR) is 101 cm³/mol.